The Morgan fingerprint density at radius 2 is 1.91 bits per heavy atom. The Labute approximate surface area is 126 Å². The fraction of sp³-hybridized carbons (Fsp3) is 0.429. The summed E-state index contributed by atoms with van der Waals surface area (Å²) in [4.78, 5) is 2.59. The Morgan fingerprint density at radius 1 is 1.18 bits per heavy atom. The van der Waals surface area contributed by atoms with Crippen LogP contribution in [0.1, 0.15) is 12.1 Å². The third kappa shape index (κ3) is 5.12. The lowest BCUT2D eigenvalue weighted by Gasteiger charge is -2.22. The minimum absolute atomic E-state index is 0.0341. The van der Waals surface area contributed by atoms with E-state index in [-0.39, 0.29) is 26.1 Å². The second kappa shape index (κ2) is 7.37. The maximum absolute atomic E-state index is 12.6. The van der Waals surface area contributed by atoms with E-state index in [4.69, 9.17) is 5.11 Å². The summed E-state index contributed by atoms with van der Waals surface area (Å²) >= 11 is 0. The van der Waals surface area contributed by atoms with E-state index in [0.29, 0.717) is 5.69 Å². The number of alkyl halides is 3. The predicted molar refractivity (Wildman–Crippen MR) is 74.4 cm³/mol. The van der Waals surface area contributed by atoms with Crippen LogP contribution in [0.4, 0.5) is 13.2 Å². The molecule has 0 saturated heterocycles. The molecule has 0 bridgehead atoms. The van der Waals surface area contributed by atoms with Gasteiger partial charge >= 0.3 is 6.18 Å². The van der Waals surface area contributed by atoms with Crippen molar-refractivity contribution in [3.8, 4) is 5.69 Å². The molecule has 2 aromatic rings. The first-order valence-electron chi connectivity index (χ1n) is 6.84. The molecule has 1 aromatic carbocycles. The maximum atomic E-state index is 12.6. The van der Waals surface area contributed by atoms with Gasteiger partial charge in [0.15, 0.2) is 0 Å². The highest BCUT2D eigenvalue weighted by Crippen LogP contribution is 2.18. The molecule has 8 heteroatoms. The van der Waals surface area contributed by atoms with Crippen molar-refractivity contribution in [2.24, 2.45) is 0 Å². The summed E-state index contributed by atoms with van der Waals surface area (Å²) in [6.45, 7) is -1.00. The molecular formula is C14H17F3N4O. The number of nitrogens with zero attached hydrogens (tertiary/aromatic N) is 4. The highest BCUT2D eigenvalue weighted by molar-refractivity contribution is 5.28. The van der Waals surface area contributed by atoms with Crippen LogP contribution < -0.4 is 0 Å². The van der Waals surface area contributed by atoms with E-state index in [1.165, 1.54) is 15.9 Å². The predicted octanol–water partition coefficient (Wildman–Crippen LogP) is 2.01. The van der Waals surface area contributed by atoms with Gasteiger partial charge in [-0.2, -0.15) is 28.2 Å². The summed E-state index contributed by atoms with van der Waals surface area (Å²) in [5, 5.41) is 17.0. The quantitative estimate of drug-likeness (QED) is 0.849. The van der Waals surface area contributed by atoms with Crippen molar-refractivity contribution in [2.45, 2.75) is 19.1 Å². The van der Waals surface area contributed by atoms with Gasteiger partial charge < -0.3 is 5.11 Å². The number of rotatable bonds is 7. The van der Waals surface area contributed by atoms with Gasteiger partial charge in [0.2, 0.25) is 0 Å². The minimum Gasteiger partial charge on any atom is -0.396 e. The van der Waals surface area contributed by atoms with Crippen LogP contribution in [0.5, 0.6) is 0 Å². The number of aliphatic hydroxyl groups is 1. The number of halogens is 3. The minimum atomic E-state index is -4.29. The normalized spacial score (nSPS) is 12.0. The summed E-state index contributed by atoms with van der Waals surface area (Å²) in [6.07, 6.45) is -2.55. The van der Waals surface area contributed by atoms with Crippen molar-refractivity contribution in [3.05, 3.63) is 42.2 Å². The number of para-hydroxylation sites is 1. The molecule has 1 heterocycles. The standard InChI is InChI=1S/C14H17F3N4O/c15-14(16,17)11-20(7-4-8-22)10-12-9-18-21(19-12)13-5-2-1-3-6-13/h1-3,5-6,9,22H,4,7-8,10-11H2. The Morgan fingerprint density at radius 3 is 2.55 bits per heavy atom. The van der Waals surface area contributed by atoms with Crippen LogP contribution in [0.25, 0.3) is 5.69 Å². The van der Waals surface area contributed by atoms with Crippen LogP contribution in [-0.4, -0.2) is 50.9 Å². The van der Waals surface area contributed by atoms with E-state index in [1.54, 1.807) is 0 Å². The zero-order valence-corrected chi connectivity index (χ0v) is 11.9. The van der Waals surface area contributed by atoms with Crippen molar-refractivity contribution in [1.82, 2.24) is 19.9 Å². The Kier molecular flexibility index (Phi) is 5.51. The molecule has 0 fully saturated rings. The van der Waals surface area contributed by atoms with E-state index in [0.717, 1.165) is 5.69 Å². The third-order valence-corrected chi connectivity index (χ3v) is 2.95. The highest BCUT2D eigenvalue weighted by atomic mass is 19.4. The lowest BCUT2D eigenvalue weighted by molar-refractivity contribution is -0.147. The first-order valence-corrected chi connectivity index (χ1v) is 6.84. The van der Waals surface area contributed by atoms with Crippen LogP contribution in [0.15, 0.2) is 36.5 Å². The number of aliphatic hydroxyl groups excluding tert-OH is 1. The second-order valence-electron chi connectivity index (χ2n) is 4.86. The molecule has 0 saturated carbocycles. The molecule has 0 unspecified atom stereocenters. The van der Waals surface area contributed by atoms with Crippen LogP contribution in [0.3, 0.4) is 0 Å². The second-order valence-corrected chi connectivity index (χ2v) is 4.86. The lowest BCUT2D eigenvalue weighted by atomic mass is 10.3. The van der Waals surface area contributed by atoms with E-state index in [1.807, 2.05) is 30.3 Å². The Hall–Kier alpha value is -1.93. The van der Waals surface area contributed by atoms with Crippen molar-refractivity contribution in [3.63, 3.8) is 0 Å². The Balaban J connectivity index is 2.05. The van der Waals surface area contributed by atoms with Crippen LogP contribution in [0, 0.1) is 0 Å². The molecule has 0 amide bonds. The molecule has 1 N–H and O–H groups in total. The molecular weight excluding hydrogens is 297 g/mol. The molecule has 0 spiro atoms. The van der Waals surface area contributed by atoms with Gasteiger partial charge in [0.25, 0.3) is 0 Å². The van der Waals surface area contributed by atoms with Crippen molar-refractivity contribution in [2.75, 3.05) is 19.7 Å². The maximum Gasteiger partial charge on any atom is 0.401 e. The van der Waals surface area contributed by atoms with Gasteiger partial charge in [0.05, 0.1) is 24.1 Å². The van der Waals surface area contributed by atoms with Gasteiger partial charge in [-0.1, -0.05) is 18.2 Å². The van der Waals surface area contributed by atoms with Gasteiger partial charge in [-0.05, 0) is 18.6 Å². The monoisotopic (exact) mass is 314 g/mol. The molecule has 0 aliphatic heterocycles. The molecule has 22 heavy (non-hydrogen) atoms. The summed E-state index contributed by atoms with van der Waals surface area (Å²) < 4.78 is 37.7. The van der Waals surface area contributed by atoms with Crippen molar-refractivity contribution >= 4 is 0 Å². The first kappa shape index (κ1) is 16.4. The van der Waals surface area contributed by atoms with E-state index < -0.39 is 12.7 Å². The average Bonchev–Trinajstić information content (AvgIpc) is 2.93. The summed E-state index contributed by atoms with van der Waals surface area (Å²) in [5.74, 6) is 0. The topological polar surface area (TPSA) is 54.2 Å². The fourth-order valence-electron chi connectivity index (χ4n) is 2.04. The van der Waals surface area contributed by atoms with E-state index in [9.17, 15) is 13.2 Å². The zero-order chi connectivity index (χ0) is 16.0. The lowest BCUT2D eigenvalue weighted by Crippen LogP contribution is -2.35. The SMILES string of the molecule is OCCCN(Cc1cnn(-c2ccccc2)n1)CC(F)(F)F. The number of benzene rings is 1. The smallest absolute Gasteiger partial charge is 0.396 e. The van der Waals surface area contributed by atoms with Crippen LogP contribution in [-0.2, 0) is 6.54 Å². The fourth-order valence-corrected chi connectivity index (χ4v) is 2.04. The summed E-state index contributed by atoms with van der Waals surface area (Å²) in [7, 11) is 0. The van der Waals surface area contributed by atoms with Gasteiger partial charge in [0.1, 0.15) is 0 Å². The van der Waals surface area contributed by atoms with Crippen molar-refractivity contribution < 1.29 is 18.3 Å². The molecule has 0 atom stereocenters. The van der Waals surface area contributed by atoms with E-state index in [2.05, 4.69) is 10.2 Å². The molecule has 1 aromatic heterocycles. The molecule has 0 radical (unpaired) electrons. The molecule has 120 valence electrons. The molecule has 0 aliphatic rings. The zero-order valence-electron chi connectivity index (χ0n) is 11.9. The highest BCUT2D eigenvalue weighted by Gasteiger charge is 2.30. The number of hydrogen-bond acceptors (Lipinski definition) is 4. The van der Waals surface area contributed by atoms with Gasteiger partial charge in [0, 0.05) is 19.7 Å². The van der Waals surface area contributed by atoms with Crippen LogP contribution >= 0.6 is 0 Å². The summed E-state index contributed by atoms with van der Waals surface area (Å²) in [5.41, 5.74) is 1.19. The third-order valence-electron chi connectivity index (χ3n) is 2.95. The van der Waals surface area contributed by atoms with Gasteiger partial charge in [-0.3, -0.25) is 4.90 Å². The van der Waals surface area contributed by atoms with Gasteiger partial charge in [-0.25, -0.2) is 0 Å². The van der Waals surface area contributed by atoms with Gasteiger partial charge in [-0.15, -0.1) is 0 Å². The number of hydrogen-bond donors (Lipinski definition) is 1. The summed E-state index contributed by atoms with van der Waals surface area (Å²) in [6, 6.07) is 9.13. The van der Waals surface area contributed by atoms with E-state index >= 15 is 0 Å². The van der Waals surface area contributed by atoms with Crippen molar-refractivity contribution in [1.29, 1.82) is 0 Å². The molecule has 0 aliphatic carbocycles. The number of aromatic nitrogens is 3. The first-order chi connectivity index (χ1) is 10.5. The average molecular weight is 314 g/mol. The Bertz CT molecular complexity index is 571. The largest absolute Gasteiger partial charge is 0.401 e. The molecule has 2 rings (SSSR count). The molecule has 5 nitrogen and oxygen atoms in total. The van der Waals surface area contributed by atoms with Crippen LogP contribution in [0.2, 0.25) is 0 Å².